The maximum absolute atomic E-state index is 12.2. The number of benzene rings is 2. The number of aromatic carboxylic acids is 1. The van der Waals surface area contributed by atoms with Crippen molar-refractivity contribution in [1.29, 1.82) is 0 Å². The van der Waals surface area contributed by atoms with Gasteiger partial charge in [-0.25, -0.2) is 4.79 Å². The topological polar surface area (TPSA) is 91.6 Å². The lowest BCUT2D eigenvalue weighted by Crippen LogP contribution is -2.34. The number of nitrogens with one attached hydrogen (secondary N) is 2. The third-order valence-electron chi connectivity index (χ3n) is 3.73. The van der Waals surface area contributed by atoms with Gasteiger partial charge in [0.05, 0.1) is 0 Å². The van der Waals surface area contributed by atoms with Crippen molar-refractivity contribution in [3.05, 3.63) is 77.6 Å². The first-order chi connectivity index (χ1) is 12.9. The van der Waals surface area contributed by atoms with Crippen LogP contribution in [0.4, 0.5) is 5.69 Å². The minimum Gasteiger partial charge on any atom is -0.475 e. The Balaban J connectivity index is 1.69. The van der Waals surface area contributed by atoms with Crippen molar-refractivity contribution in [3.8, 4) is 11.3 Å². The second-order valence-corrected chi connectivity index (χ2v) is 6.24. The number of anilines is 1. The number of aryl methyl sites for hydroxylation is 1. The van der Waals surface area contributed by atoms with Crippen molar-refractivity contribution in [2.45, 2.75) is 6.92 Å². The Kier molecular flexibility index (Phi) is 5.33. The predicted molar refractivity (Wildman–Crippen MR) is 106 cm³/mol. The fourth-order valence-electron chi connectivity index (χ4n) is 2.48. The molecule has 0 aliphatic heterocycles. The van der Waals surface area contributed by atoms with Gasteiger partial charge in [0.1, 0.15) is 5.76 Å². The van der Waals surface area contributed by atoms with Gasteiger partial charge in [0.25, 0.3) is 5.91 Å². The van der Waals surface area contributed by atoms with Gasteiger partial charge in [0.15, 0.2) is 5.11 Å². The summed E-state index contributed by atoms with van der Waals surface area (Å²) >= 11 is 5.20. The fourth-order valence-corrected chi connectivity index (χ4v) is 2.69. The standard InChI is InChI=1S/C20H16N2O4S/c1-12-4-2-6-14(10-12)18(23)22-20(27)21-15-7-3-5-13(11-15)16-8-9-17(26-16)19(24)25/h2-11H,1H3,(H,24,25)(H2,21,22,23,27). The van der Waals surface area contributed by atoms with E-state index in [1.165, 1.54) is 6.07 Å². The van der Waals surface area contributed by atoms with E-state index in [4.69, 9.17) is 21.7 Å². The van der Waals surface area contributed by atoms with Gasteiger partial charge < -0.3 is 14.8 Å². The summed E-state index contributed by atoms with van der Waals surface area (Å²) in [6, 6.07) is 17.2. The number of rotatable bonds is 4. The third-order valence-corrected chi connectivity index (χ3v) is 3.93. The van der Waals surface area contributed by atoms with E-state index in [0.29, 0.717) is 22.6 Å². The van der Waals surface area contributed by atoms with Crippen LogP contribution in [0.1, 0.15) is 26.5 Å². The van der Waals surface area contributed by atoms with Gasteiger partial charge in [-0.15, -0.1) is 0 Å². The summed E-state index contributed by atoms with van der Waals surface area (Å²) in [5.74, 6) is -1.14. The largest absolute Gasteiger partial charge is 0.475 e. The summed E-state index contributed by atoms with van der Waals surface area (Å²) in [4.78, 5) is 23.2. The summed E-state index contributed by atoms with van der Waals surface area (Å²) in [5.41, 5.74) is 2.81. The Labute approximate surface area is 160 Å². The smallest absolute Gasteiger partial charge is 0.371 e. The van der Waals surface area contributed by atoms with Gasteiger partial charge in [-0.3, -0.25) is 10.1 Å². The Bertz CT molecular complexity index is 1030. The van der Waals surface area contributed by atoms with E-state index in [2.05, 4.69) is 10.6 Å². The molecule has 0 radical (unpaired) electrons. The van der Waals surface area contributed by atoms with Crippen LogP contribution in [-0.4, -0.2) is 22.1 Å². The maximum atomic E-state index is 12.2. The Morgan fingerprint density at radius 2 is 1.81 bits per heavy atom. The zero-order valence-corrected chi connectivity index (χ0v) is 15.2. The molecule has 0 aliphatic carbocycles. The fraction of sp³-hybridized carbons (Fsp3) is 0.0500. The molecule has 0 saturated carbocycles. The molecule has 0 aliphatic rings. The third kappa shape index (κ3) is 4.59. The van der Waals surface area contributed by atoms with Crippen molar-refractivity contribution in [3.63, 3.8) is 0 Å². The average molecular weight is 380 g/mol. The molecule has 1 heterocycles. The van der Waals surface area contributed by atoms with Gasteiger partial charge in [-0.05, 0) is 55.5 Å². The monoisotopic (exact) mass is 380 g/mol. The van der Waals surface area contributed by atoms with E-state index >= 15 is 0 Å². The molecule has 136 valence electrons. The van der Waals surface area contributed by atoms with Crippen LogP contribution in [0.15, 0.2) is 65.1 Å². The summed E-state index contributed by atoms with van der Waals surface area (Å²) in [6.45, 7) is 1.91. The number of amides is 1. The highest BCUT2D eigenvalue weighted by atomic mass is 32.1. The second kappa shape index (κ2) is 7.84. The first-order valence-corrected chi connectivity index (χ1v) is 8.46. The van der Waals surface area contributed by atoms with Crippen molar-refractivity contribution in [2.75, 3.05) is 5.32 Å². The highest BCUT2D eigenvalue weighted by molar-refractivity contribution is 7.80. The zero-order valence-electron chi connectivity index (χ0n) is 14.4. The van der Waals surface area contributed by atoms with Crippen LogP contribution in [0, 0.1) is 6.92 Å². The molecule has 1 amide bonds. The van der Waals surface area contributed by atoms with E-state index in [-0.39, 0.29) is 16.8 Å². The number of thiocarbonyl (C=S) groups is 1. The van der Waals surface area contributed by atoms with Crippen molar-refractivity contribution < 1.29 is 19.1 Å². The molecular weight excluding hydrogens is 364 g/mol. The molecule has 0 saturated heterocycles. The lowest BCUT2D eigenvalue weighted by Gasteiger charge is -2.10. The molecule has 0 spiro atoms. The average Bonchev–Trinajstić information content (AvgIpc) is 3.12. The minimum absolute atomic E-state index is 0.135. The normalized spacial score (nSPS) is 10.3. The van der Waals surface area contributed by atoms with Gasteiger partial charge in [0.2, 0.25) is 5.76 Å². The van der Waals surface area contributed by atoms with Crippen LogP contribution in [-0.2, 0) is 0 Å². The molecule has 0 unspecified atom stereocenters. The number of hydrogen-bond acceptors (Lipinski definition) is 4. The lowest BCUT2D eigenvalue weighted by atomic mass is 10.1. The van der Waals surface area contributed by atoms with E-state index < -0.39 is 5.97 Å². The van der Waals surface area contributed by atoms with E-state index in [0.717, 1.165) is 5.56 Å². The van der Waals surface area contributed by atoms with Gasteiger partial charge in [0, 0.05) is 16.8 Å². The number of carbonyl (C=O) groups excluding carboxylic acids is 1. The molecule has 3 rings (SSSR count). The van der Waals surface area contributed by atoms with Gasteiger partial charge >= 0.3 is 5.97 Å². The number of furan rings is 1. The van der Waals surface area contributed by atoms with Crippen LogP contribution < -0.4 is 10.6 Å². The molecule has 27 heavy (non-hydrogen) atoms. The van der Waals surface area contributed by atoms with Gasteiger partial charge in [-0.2, -0.15) is 0 Å². The second-order valence-electron chi connectivity index (χ2n) is 5.83. The Morgan fingerprint density at radius 1 is 1.04 bits per heavy atom. The minimum atomic E-state index is -1.13. The first kappa shape index (κ1) is 18.3. The number of carbonyl (C=O) groups is 2. The van der Waals surface area contributed by atoms with Crippen LogP contribution in [0.3, 0.4) is 0 Å². The van der Waals surface area contributed by atoms with Crippen LogP contribution in [0.25, 0.3) is 11.3 Å². The summed E-state index contributed by atoms with van der Waals surface area (Å²) in [7, 11) is 0. The number of carboxylic acids is 1. The summed E-state index contributed by atoms with van der Waals surface area (Å²) in [6.07, 6.45) is 0. The van der Waals surface area contributed by atoms with Crippen LogP contribution in [0.5, 0.6) is 0 Å². The lowest BCUT2D eigenvalue weighted by molar-refractivity contribution is 0.0663. The van der Waals surface area contributed by atoms with E-state index in [1.54, 1.807) is 48.5 Å². The van der Waals surface area contributed by atoms with E-state index in [1.807, 2.05) is 13.0 Å². The molecule has 7 heteroatoms. The molecule has 2 aromatic carbocycles. The maximum Gasteiger partial charge on any atom is 0.371 e. The molecule has 1 aromatic heterocycles. The SMILES string of the molecule is Cc1cccc(C(=O)NC(=S)Nc2cccc(-c3ccc(C(=O)O)o3)c2)c1. The zero-order chi connectivity index (χ0) is 19.4. The highest BCUT2D eigenvalue weighted by Gasteiger charge is 2.12. The summed E-state index contributed by atoms with van der Waals surface area (Å²) in [5, 5.41) is 14.7. The number of hydrogen-bond donors (Lipinski definition) is 3. The van der Waals surface area contributed by atoms with Gasteiger partial charge in [-0.1, -0.05) is 29.8 Å². The Morgan fingerprint density at radius 3 is 2.52 bits per heavy atom. The number of carboxylic acid groups (broad SMARTS) is 1. The molecule has 0 atom stereocenters. The Hall–Kier alpha value is -3.45. The van der Waals surface area contributed by atoms with Crippen molar-refractivity contribution in [1.82, 2.24) is 5.32 Å². The van der Waals surface area contributed by atoms with Crippen molar-refractivity contribution >= 4 is 34.9 Å². The summed E-state index contributed by atoms with van der Waals surface area (Å²) < 4.78 is 5.29. The first-order valence-electron chi connectivity index (χ1n) is 8.05. The van der Waals surface area contributed by atoms with E-state index in [9.17, 15) is 9.59 Å². The highest BCUT2D eigenvalue weighted by Crippen LogP contribution is 2.25. The predicted octanol–water partition coefficient (Wildman–Crippen LogP) is 4.08. The van der Waals surface area contributed by atoms with Crippen LogP contribution in [0.2, 0.25) is 0 Å². The molecule has 6 nitrogen and oxygen atoms in total. The molecule has 3 aromatic rings. The molecule has 0 bridgehead atoms. The molecule has 0 fully saturated rings. The van der Waals surface area contributed by atoms with Crippen molar-refractivity contribution in [2.24, 2.45) is 0 Å². The molecule has 3 N–H and O–H groups in total. The quantitative estimate of drug-likeness (QED) is 0.591. The molecular formula is C20H16N2O4S. The van der Waals surface area contributed by atoms with Crippen LogP contribution >= 0.6 is 12.2 Å².